The van der Waals surface area contributed by atoms with Gasteiger partial charge in [0, 0.05) is 32.2 Å². The first-order chi connectivity index (χ1) is 9.78. The summed E-state index contributed by atoms with van der Waals surface area (Å²) in [5.74, 6) is 0.891. The summed E-state index contributed by atoms with van der Waals surface area (Å²) in [5, 5.41) is 8.94. The maximum Gasteiger partial charge on any atom is 0.191 e. The van der Waals surface area contributed by atoms with Crippen LogP contribution in [0.2, 0.25) is 0 Å². The number of ether oxygens (including phenoxy) is 1. The highest BCUT2D eigenvalue weighted by molar-refractivity contribution is 14.0. The van der Waals surface area contributed by atoms with E-state index in [1.54, 1.807) is 18.4 Å². The van der Waals surface area contributed by atoms with Crippen molar-refractivity contribution in [3.05, 3.63) is 22.4 Å². The number of hydrogen-bond acceptors (Lipinski definition) is 3. The van der Waals surface area contributed by atoms with Crippen molar-refractivity contribution in [1.82, 2.24) is 10.6 Å². The summed E-state index contributed by atoms with van der Waals surface area (Å²) >= 11 is 1.76. The number of methoxy groups -OCH3 is 1. The molecule has 0 saturated heterocycles. The van der Waals surface area contributed by atoms with E-state index in [4.69, 9.17) is 4.74 Å². The molecule has 2 N–H and O–H groups in total. The Bertz CT molecular complexity index is 419. The Labute approximate surface area is 148 Å². The fourth-order valence-electron chi connectivity index (χ4n) is 2.59. The van der Waals surface area contributed by atoms with E-state index in [1.165, 1.54) is 24.1 Å². The lowest BCUT2D eigenvalue weighted by molar-refractivity contribution is 0.0732. The van der Waals surface area contributed by atoms with E-state index < -0.39 is 0 Å². The topological polar surface area (TPSA) is 45.7 Å². The molecule has 1 fully saturated rings. The van der Waals surface area contributed by atoms with Crippen LogP contribution in [-0.2, 0) is 11.3 Å². The van der Waals surface area contributed by atoms with E-state index in [-0.39, 0.29) is 24.0 Å². The van der Waals surface area contributed by atoms with E-state index in [0.29, 0.717) is 5.41 Å². The molecule has 2 rings (SSSR count). The summed E-state index contributed by atoms with van der Waals surface area (Å²) in [5.41, 5.74) is 0.413. The molecular weight excluding hydrogens is 397 g/mol. The second kappa shape index (κ2) is 9.63. The van der Waals surface area contributed by atoms with Crippen molar-refractivity contribution < 1.29 is 4.74 Å². The molecule has 1 aliphatic rings. The molecule has 0 amide bonds. The number of rotatable bonds is 7. The van der Waals surface area contributed by atoms with Crippen molar-refractivity contribution in [2.75, 3.05) is 27.3 Å². The molecule has 1 heterocycles. The van der Waals surface area contributed by atoms with Crippen LogP contribution in [0.4, 0.5) is 0 Å². The predicted molar refractivity (Wildman–Crippen MR) is 101 cm³/mol. The number of nitrogens with zero attached hydrogens (tertiary/aromatic N) is 1. The van der Waals surface area contributed by atoms with Gasteiger partial charge in [0.1, 0.15) is 0 Å². The van der Waals surface area contributed by atoms with Crippen molar-refractivity contribution in [1.29, 1.82) is 0 Å². The van der Waals surface area contributed by atoms with Crippen molar-refractivity contribution in [3.63, 3.8) is 0 Å². The first-order valence-corrected chi connectivity index (χ1v) is 8.12. The maximum absolute atomic E-state index is 5.23. The Morgan fingerprint density at radius 2 is 2.24 bits per heavy atom. The lowest BCUT2D eigenvalue weighted by Crippen LogP contribution is -2.46. The first-order valence-electron chi connectivity index (χ1n) is 7.24. The summed E-state index contributed by atoms with van der Waals surface area (Å²) in [6, 6.07) is 4.21. The van der Waals surface area contributed by atoms with Crippen molar-refractivity contribution >= 4 is 41.3 Å². The fourth-order valence-corrected chi connectivity index (χ4v) is 3.23. The molecule has 0 bridgehead atoms. The quantitative estimate of drug-likeness (QED) is 0.402. The lowest BCUT2D eigenvalue weighted by Gasteiger charge is -2.42. The van der Waals surface area contributed by atoms with Gasteiger partial charge in [-0.3, -0.25) is 4.99 Å². The van der Waals surface area contributed by atoms with Gasteiger partial charge in [-0.05, 0) is 36.1 Å². The molecule has 0 spiro atoms. The number of thiophene rings is 1. The summed E-state index contributed by atoms with van der Waals surface area (Å²) < 4.78 is 5.23. The maximum atomic E-state index is 5.23. The largest absolute Gasteiger partial charge is 0.385 e. The minimum absolute atomic E-state index is 0. The number of nitrogens with one attached hydrogen (secondary N) is 2. The normalized spacial score (nSPS) is 16.8. The molecule has 0 atom stereocenters. The van der Waals surface area contributed by atoms with Gasteiger partial charge < -0.3 is 15.4 Å². The number of hydrogen-bond donors (Lipinski definition) is 2. The van der Waals surface area contributed by atoms with Gasteiger partial charge in [-0.1, -0.05) is 12.5 Å². The van der Waals surface area contributed by atoms with Crippen LogP contribution in [0.25, 0.3) is 0 Å². The Morgan fingerprint density at radius 3 is 2.76 bits per heavy atom. The third kappa shape index (κ3) is 5.75. The zero-order valence-electron chi connectivity index (χ0n) is 12.9. The van der Waals surface area contributed by atoms with Crippen molar-refractivity contribution in [2.24, 2.45) is 10.4 Å². The molecular formula is C15H26IN3OS. The van der Waals surface area contributed by atoms with Crippen LogP contribution in [0.15, 0.2) is 22.5 Å². The van der Waals surface area contributed by atoms with Gasteiger partial charge in [-0.2, -0.15) is 0 Å². The average Bonchev–Trinajstić information content (AvgIpc) is 2.93. The van der Waals surface area contributed by atoms with E-state index in [9.17, 15) is 0 Å². The monoisotopic (exact) mass is 423 g/mol. The highest BCUT2D eigenvalue weighted by Gasteiger charge is 2.36. The third-order valence-electron chi connectivity index (χ3n) is 4.12. The molecule has 4 nitrogen and oxygen atoms in total. The molecule has 0 aromatic carbocycles. The molecule has 1 aliphatic carbocycles. The molecule has 1 aromatic rings. The second-order valence-corrected chi connectivity index (χ2v) is 6.49. The van der Waals surface area contributed by atoms with E-state index in [0.717, 1.165) is 32.1 Å². The van der Waals surface area contributed by atoms with Gasteiger partial charge in [0.2, 0.25) is 0 Å². The number of aliphatic imine (C=N–C) groups is 1. The zero-order valence-corrected chi connectivity index (χ0v) is 16.0. The minimum atomic E-state index is 0. The van der Waals surface area contributed by atoms with E-state index in [2.05, 4.69) is 33.1 Å². The van der Waals surface area contributed by atoms with Crippen LogP contribution in [-0.4, -0.2) is 33.3 Å². The Morgan fingerprint density at radius 1 is 1.43 bits per heavy atom. The van der Waals surface area contributed by atoms with Gasteiger partial charge in [0.25, 0.3) is 0 Å². The van der Waals surface area contributed by atoms with Crippen LogP contribution >= 0.6 is 35.3 Å². The predicted octanol–water partition coefficient (Wildman–Crippen LogP) is 3.24. The summed E-state index contributed by atoms with van der Waals surface area (Å²) in [4.78, 5) is 5.62. The Hall–Kier alpha value is -0.340. The fraction of sp³-hybridized carbons (Fsp3) is 0.667. The van der Waals surface area contributed by atoms with Crippen molar-refractivity contribution in [2.45, 2.75) is 32.2 Å². The van der Waals surface area contributed by atoms with Gasteiger partial charge in [-0.15, -0.1) is 35.3 Å². The van der Waals surface area contributed by atoms with E-state index in [1.807, 2.05) is 7.05 Å². The SMILES string of the molecule is CN=C(NCc1cccs1)NCC1(CCOC)CCC1.I. The molecule has 6 heteroatoms. The van der Waals surface area contributed by atoms with Crippen LogP contribution in [0.5, 0.6) is 0 Å². The van der Waals surface area contributed by atoms with Gasteiger partial charge in [0.05, 0.1) is 6.54 Å². The van der Waals surface area contributed by atoms with Gasteiger partial charge in [-0.25, -0.2) is 0 Å². The molecule has 120 valence electrons. The van der Waals surface area contributed by atoms with Gasteiger partial charge in [0.15, 0.2) is 5.96 Å². The summed E-state index contributed by atoms with van der Waals surface area (Å²) in [7, 11) is 3.60. The van der Waals surface area contributed by atoms with Crippen LogP contribution < -0.4 is 10.6 Å². The summed E-state index contributed by atoms with van der Waals surface area (Å²) in [6.07, 6.45) is 5.07. The third-order valence-corrected chi connectivity index (χ3v) is 4.99. The smallest absolute Gasteiger partial charge is 0.191 e. The Kier molecular flexibility index (Phi) is 8.58. The molecule has 0 unspecified atom stereocenters. The van der Waals surface area contributed by atoms with Crippen molar-refractivity contribution in [3.8, 4) is 0 Å². The van der Waals surface area contributed by atoms with Crippen LogP contribution in [0.3, 0.4) is 0 Å². The van der Waals surface area contributed by atoms with Gasteiger partial charge >= 0.3 is 0 Å². The minimum Gasteiger partial charge on any atom is -0.385 e. The standard InChI is InChI=1S/C15H25N3OS.HI/c1-16-14(17-11-13-5-3-10-20-13)18-12-15(6-4-7-15)8-9-19-2;/h3,5,10H,4,6-9,11-12H2,1-2H3,(H2,16,17,18);1H. The number of halogens is 1. The average molecular weight is 423 g/mol. The molecule has 21 heavy (non-hydrogen) atoms. The first kappa shape index (κ1) is 18.7. The van der Waals surface area contributed by atoms with Crippen LogP contribution in [0.1, 0.15) is 30.6 Å². The van der Waals surface area contributed by atoms with Crippen LogP contribution in [0, 0.1) is 5.41 Å². The number of guanidine groups is 1. The second-order valence-electron chi connectivity index (χ2n) is 5.46. The molecule has 0 radical (unpaired) electrons. The highest BCUT2D eigenvalue weighted by atomic mass is 127. The molecule has 0 aliphatic heterocycles. The highest BCUT2D eigenvalue weighted by Crippen LogP contribution is 2.43. The molecule has 1 saturated carbocycles. The Balaban J connectivity index is 0.00000220. The molecule has 1 aromatic heterocycles. The lowest BCUT2D eigenvalue weighted by atomic mass is 9.67. The summed E-state index contributed by atoms with van der Waals surface area (Å²) in [6.45, 7) is 2.67. The zero-order chi connectivity index (χ0) is 14.3. The van der Waals surface area contributed by atoms with E-state index >= 15 is 0 Å².